The van der Waals surface area contributed by atoms with Gasteiger partial charge in [0.1, 0.15) is 5.82 Å². The highest BCUT2D eigenvalue weighted by Gasteiger charge is 2.33. The third kappa shape index (κ3) is 5.69. The van der Waals surface area contributed by atoms with Gasteiger partial charge in [0.25, 0.3) is 0 Å². The van der Waals surface area contributed by atoms with E-state index < -0.39 is 9.84 Å². The molecule has 194 valence electrons. The molecule has 1 saturated heterocycles. The molecule has 4 rings (SSSR count). The summed E-state index contributed by atoms with van der Waals surface area (Å²) >= 11 is 7.68. The molecule has 1 aromatic heterocycles. The third-order valence-corrected chi connectivity index (χ3v) is 9.76. The quantitative estimate of drug-likeness (QED) is 0.420. The van der Waals surface area contributed by atoms with Crippen molar-refractivity contribution < 1.29 is 13.2 Å². The molecule has 2 aromatic carbocycles. The maximum Gasteiger partial charge on any atom is 0.186 e. The van der Waals surface area contributed by atoms with Gasteiger partial charge in [0, 0.05) is 38.6 Å². The van der Waals surface area contributed by atoms with Crippen molar-refractivity contribution in [1.82, 2.24) is 9.47 Å². The van der Waals surface area contributed by atoms with Gasteiger partial charge < -0.3 is 14.4 Å². The van der Waals surface area contributed by atoms with Crippen molar-refractivity contribution in [3.8, 4) is 0 Å². The first-order valence-corrected chi connectivity index (χ1v) is 14.9. The number of aromatic nitrogens is 1. The Morgan fingerprint density at radius 1 is 1.17 bits per heavy atom. The first kappa shape index (κ1) is 26.9. The molecule has 0 spiro atoms. The van der Waals surface area contributed by atoms with Gasteiger partial charge in [0.15, 0.2) is 20.4 Å². The molecular weight excluding hydrogens is 516 g/mol. The van der Waals surface area contributed by atoms with Gasteiger partial charge in [-0.05, 0) is 68.4 Å². The number of thiazole rings is 1. The first-order valence-electron chi connectivity index (χ1n) is 12.1. The van der Waals surface area contributed by atoms with E-state index in [0.717, 1.165) is 58.6 Å². The van der Waals surface area contributed by atoms with Gasteiger partial charge in [0.05, 0.1) is 21.6 Å². The summed E-state index contributed by atoms with van der Waals surface area (Å²) in [5.74, 6) is 0.789. The highest BCUT2D eigenvalue weighted by molar-refractivity contribution is 7.91. The van der Waals surface area contributed by atoms with E-state index in [1.54, 1.807) is 48.7 Å². The largest absolute Gasteiger partial charge is 0.347 e. The van der Waals surface area contributed by atoms with Crippen molar-refractivity contribution in [1.29, 1.82) is 0 Å². The molecule has 7 nitrogen and oxygen atoms in total. The van der Waals surface area contributed by atoms with Crippen molar-refractivity contribution in [2.45, 2.75) is 43.2 Å². The van der Waals surface area contributed by atoms with Crippen LogP contribution >= 0.6 is 22.9 Å². The predicted octanol–water partition coefficient (Wildman–Crippen LogP) is 4.28. The van der Waals surface area contributed by atoms with Crippen LogP contribution in [0.15, 0.2) is 46.3 Å². The van der Waals surface area contributed by atoms with Gasteiger partial charge in [-0.2, -0.15) is 0 Å². The lowest BCUT2D eigenvalue weighted by atomic mass is 9.97. The fourth-order valence-corrected chi connectivity index (χ4v) is 7.54. The summed E-state index contributed by atoms with van der Waals surface area (Å²) in [6, 6.07) is 10.0. The maximum atomic E-state index is 13.5. The first-order chi connectivity index (χ1) is 17.1. The number of nitrogens with zero attached hydrogens (tertiary/aromatic N) is 4. The highest BCUT2D eigenvalue weighted by atomic mass is 35.5. The number of carbonyl (C=O) groups excluding carboxylic acids is 1. The van der Waals surface area contributed by atoms with Gasteiger partial charge in [-0.3, -0.25) is 9.79 Å². The van der Waals surface area contributed by atoms with Crippen LogP contribution in [0.5, 0.6) is 0 Å². The lowest BCUT2D eigenvalue weighted by Gasteiger charge is -2.37. The topological polar surface area (TPSA) is 75.0 Å². The standard InChI is InChI=1S/C26H33ClN4O3S2/c1-28-26-30(4)25(24(35-26)17-29(2)3)31-13-6-5-7-22(31)23(32)12-14-36(33,34)21-11-9-18-15-20(27)10-8-19(18)16-21/h8-11,15-16,22H,5-7,12-14,17H2,1-4H3. The Morgan fingerprint density at radius 3 is 2.61 bits per heavy atom. The molecule has 36 heavy (non-hydrogen) atoms. The fraction of sp³-hybridized carbons (Fsp3) is 0.462. The molecular formula is C26H33ClN4O3S2. The summed E-state index contributed by atoms with van der Waals surface area (Å²) in [6.45, 7) is 1.52. The summed E-state index contributed by atoms with van der Waals surface area (Å²) in [4.78, 5) is 24.5. The van der Waals surface area contributed by atoms with Crippen molar-refractivity contribution in [2.75, 3.05) is 38.3 Å². The van der Waals surface area contributed by atoms with Crippen molar-refractivity contribution >= 4 is 55.1 Å². The van der Waals surface area contributed by atoms with E-state index in [-0.39, 0.29) is 28.9 Å². The molecule has 2 heterocycles. The van der Waals surface area contributed by atoms with Crippen molar-refractivity contribution in [3.05, 3.63) is 51.1 Å². The fourth-order valence-electron chi connectivity index (χ4n) is 4.87. The maximum absolute atomic E-state index is 13.5. The number of carbonyl (C=O) groups is 1. The van der Waals surface area contributed by atoms with Crippen LogP contribution in [-0.4, -0.2) is 63.2 Å². The van der Waals surface area contributed by atoms with Gasteiger partial charge in [-0.1, -0.05) is 35.1 Å². The van der Waals surface area contributed by atoms with Crippen LogP contribution < -0.4 is 9.70 Å². The number of sulfone groups is 1. The second-order valence-corrected chi connectivity index (χ2v) is 13.2. The van der Waals surface area contributed by atoms with Crippen molar-refractivity contribution in [3.63, 3.8) is 0 Å². The van der Waals surface area contributed by atoms with E-state index in [0.29, 0.717) is 5.02 Å². The molecule has 1 aliphatic heterocycles. The number of Topliss-reactive ketones (excluding diaryl/α,β-unsaturated/α-hetero) is 1. The molecule has 0 amide bonds. The lowest BCUT2D eigenvalue weighted by Crippen LogP contribution is -2.47. The van der Waals surface area contributed by atoms with Crippen LogP contribution in [0.3, 0.4) is 0 Å². The zero-order chi connectivity index (χ0) is 26.0. The van der Waals surface area contributed by atoms with Crippen LogP contribution in [0.1, 0.15) is 30.6 Å². The number of rotatable bonds is 8. The summed E-state index contributed by atoms with van der Waals surface area (Å²) < 4.78 is 28.3. The summed E-state index contributed by atoms with van der Waals surface area (Å²) in [5, 5.41) is 2.29. The Hall–Kier alpha value is -2.20. The molecule has 1 unspecified atom stereocenters. The van der Waals surface area contributed by atoms with E-state index >= 15 is 0 Å². The predicted molar refractivity (Wildman–Crippen MR) is 148 cm³/mol. The Morgan fingerprint density at radius 2 is 1.89 bits per heavy atom. The second-order valence-electron chi connectivity index (χ2n) is 9.55. The number of anilines is 1. The normalized spacial score (nSPS) is 17.3. The van der Waals surface area contributed by atoms with Crippen LogP contribution in [-0.2, 0) is 28.2 Å². The Labute approximate surface area is 221 Å². The average Bonchev–Trinajstić information content (AvgIpc) is 3.16. The number of halogens is 1. The van der Waals surface area contributed by atoms with Crippen LogP contribution in [0.25, 0.3) is 10.8 Å². The molecule has 1 aliphatic rings. The van der Waals surface area contributed by atoms with Crippen LogP contribution in [0.4, 0.5) is 5.82 Å². The summed E-state index contributed by atoms with van der Waals surface area (Å²) in [6.07, 6.45) is 2.67. The summed E-state index contributed by atoms with van der Waals surface area (Å²) in [5.41, 5.74) is 0. The number of benzene rings is 2. The van der Waals surface area contributed by atoms with E-state index in [1.165, 1.54) is 0 Å². The minimum absolute atomic E-state index is 0.00989. The highest BCUT2D eigenvalue weighted by Crippen LogP contribution is 2.31. The van der Waals surface area contributed by atoms with Gasteiger partial charge in [-0.25, -0.2) is 8.42 Å². The lowest BCUT2D eigenvalue weighted by molar-refractivity contribution is -0.120. The molecule has 3 aromatic rings. The zero-order valence-corrected chi connectivity index (χ0v) is 23.6. The van der Waals surface area contributed by atoms with Gasteiger partial charge >= 0.3 is 0 Å². The third-order valence-electron chi connectivity index (χ3n) is 6.62. The van der Waals surface area contributed by atoms with E-state index in [2.05, 4.69) is 19.4 Å². The number of hydrogen-bond acceptors (Lipinski definition) is 7. The van der Waals surface area contributed by atoms with Crippen molar-refractivity contribution in [2.24, 2.45) is 12.0 Å². The average molecular weight is 549 g/mol. The van der Waals surface area contributed by atoms with Crippen LogP contribution in [0.2, 0.25) is 5.02 Å². The Kier molecular flexibility index (Phi) is 8.24. The number of hydrogen-bond donors (Lipinski definition) is 0. The SMILES string of the molecule is CN=c1sc(CN(C)C)c(N2CCCCC2C(=O)CCS(=O)(=O)c2ccc3cc(Cl)ccc3c2)n1C. The molecule has 1 fully saturated rings. The molecule has 0 saturated carbocycles. The Balaban J connectivity index is 1.56. The zero-order valence-electron chi connectivity index (χ0n) is 21.2. The van der Waals surface area contributed by atoms with E-state index in [9.17, 15) is 13.2 Å². The van der Waals surface area contributed by atoms with Gasteiger partial charge in [0.2, 0.25) is 0 Å². The smallest absolute Gasteiger partial charge is 0.186 e. The summed E-state index contributed by atoms with van der Waals surface area (Å²) in [7, 11) is 4.21. The van der Waals surface area contributed by atoms with E-state index in [4.69, 9.17) is 11.6 Å². The monoisotopic (exact) mass is 548 g/mol. The number of fused-ring (bicyclic) bond motifs is 1. The Bertz CT molecular complexity index is 1440. The molecule has 1 atom stereocenters. The molecule has 0 radical (unpaired) electrons. The minimum atomic E-state index is -3.61. The second kappa shape index (κ2) is 11.0. The van der Waals surface area contributed by atoms with Gasteiger partial charge in [-0.15, -0.1) is 0 Å². The van der Waals surface area contributed by atoms with E-state index in [1.807, 2.05) is 27.2 Å². The molecule has 0 aliphatic carbocycles. The minimum Gasteiger partial charge on any atom is -0.347 e. The molecule has 0 bridgehead atoms. The molecule has 0 N–H and O–H groups in total. The number of ketones is 1. The molecule has 10 heteroatoms. The number of piperidine rings is 1. The van der Waals surface area contributed by atoms with Crippen LogP contribution in [0, 0.1) is 0 Å².